The minimum Gasteiger partial charge on any atom is -0.465 e. The Labute approximate surface area is 89.3 Å². The van der Waals surface area contributed by atoms with Gasteiger partial charge in [-0.2, -0.15) is 5.26 Å². The minimum atomic E-state index is -1.21. The Hall–Kier alpha value is -1.82. The molecule has 0 N–H and O–H groups in total. The monoisotopic (exact) mass is 203 g/mol. The Bertz CT molecular complexity index is 380. The highest BCUT2D eigenvalue weighted by molar-refractivity contribution is 5.86. The Kier molecular flexibility index (Phi) is 3.46. The molecular formula is C12H13NO2. The summed E-state index contributed by atoms with van der Waals surface area (Å²) in [6, 6.07) is 10.9. The molecule has 3 heteroatoms. The van der Waals surface area contributed by atoms with Crippen molar-refractivity contribution in [2.24, 2.45) is 0 Å². The van der Waals surface area contributed by atoms with Crippen molar-refractivity contribution in [1.82, 2.24) is 0 Å². The largest absolute Gasteiger partial charge is 0.465 e. The van der Waals surface area contributed by atoms with Gasteiger partial charge in [0.25, 0.3) is 0 Å². The number of rotatable bonds is 3. The highest BCUT2D eigenvalue weighted by atomic mass is 16.5. The fourth-order valence-corrected chi connectivity index (χ4v) is 1.27. The van der Waals surface area contributed by atoms with E-state index in [1.165, 1.54) is 0 Å². The summed E-state index contributed by atoms with van der Waals surface area (Å²) in [7, 11) is 0. The van der Waals surface area contributed by atoms with Crippen LogP contribution < -0.4 is 0 Å². The molecule has 78 valence electrons. The average Bonchev–Trinajstić information content (AvgIpc) is 2.29. The Morgan fingerprint density at radius 1 is 1.47 bits per heavy atom. The number of carbonyl (C=O) groups is 1. The topological polar surface area (TPSA) is 50.1 Å². The number of esters is 1. The van der Waals surface area contributed by atoms with Crippen LogP contribution in [0.4, 0.5) is 0 Å². The van der Waals surface area contributed by atoms with Gasteiger partial charge in [0.05, 0.1) is 12.7 Å². The first-order valence-corrected chi connectivity index (χ1v) is 4.79. The van der Waals surface area contributed by atoms with Crippen LogP contribution >= 0.6 is 0 Å². The fourth-order valence-electron chi connectivity index (χ4n) is 1.27. The van der Waals surface area contributed by atoms with Gasteiger partial charge < -0.3 is 4.74 Å². The zero-order valence-corrected chi connectivity index (χ0v) is 8.86. The first-order valence-electron chi connectivity index (χ1n) is 4.79. The molecule has 0 saturated carbocycles. The van der Waals surface area contributed by atoms with Gasteiger partial charge in [-0.15, -0.1) is 0 Å². The molecule has 0 radical (unpaired) electrons. The van der Waals surface area contributed by atoms with Crippen molar-refractivity contribution in [3.63, 3.8) is 0 Å². The summed E-state index contributed by atoms with van der Waals surface area (Å²) < 4.78 is 4.89. The van der Waals surface area contributed by atoms with Crippen LogP contribution in [0, 0.1) is 11.3 Å². The van der Waals surface area contributed by atoms with Gasteiger partial charge in [0, 0.05) is 0 Å². The minimum absolute atomic E-state index is 0.281. The predicted octanol–water partition coefficient (Wildman–Crippen LogP) is 2.03. The van der Waals surface area contributed by atoms with Gasteiger partial charge in [-0.25, -0.2) is 4.79 Å². The highest BCUT2D eigenvalue weighted by Crippen LogP contribution is 2.24. The second kappa shape index (κ2) is 4.61. The quantitative estimate of drug-likeness (QED) is 0.706. The molecule has 1 rings (SSSR count). The van der Waals surface area contributed by atoms with Crippen LogP contribution in [0.3, 0.4) is 0 Å². The summed E-state index contributed by atoms with van der Waals surface area (Å²) in [4.78, 5) is 11.7. The lowest BCUT2D eigenvalue weighted by molar-refractivity contribution is -0.147. The van der Waals surface area contributed by atoms with Crippen molar-refractivity contribution in [3.8, 4) is 6.07 Å². The maximum Gasteiger partial charge on any atom is 0.330 e. The molecule has 3 nitrogen and oxygen atoms in total. The van der Waals surface area contributed by atoms with Gasteiger partial charge in [-0.05, 0) is 19.4 Å². The number of carbonyl (C=O) groups excluding carboxylic acids is 1. The molecule has 0 aromatic heterocycles. The number of ether oxygens (including phenoxy) is 1. The molecule has 0 aliphatic carbocycles. The summed E-state index contributed by atoms with van der Waals surface area (Å²) in [6.45, 7) is 3.57. The molecule has 1 aromatic carbocycles. The SMILES string of the molecule is CCOC(=O)[C@@](C)(C#N)c1ccccc1. The fraction of sp³-hybridized carbons (Fsp3) is 0.333. The second-order valence-corrected chi connectivity index (χ2v) is 3.32. The molecule has 0 aliphatic heterocycles. The van der Waals surface area contributed by atoms with E-state index in [2.05, 4.69) is 0 Å². The summed E-state index contributed by atoms with van der Waals surface area (Å²) >= 11 is 0. The summed E-state index contributed by atoms with van der Waals surface area (Å²) in [5, 5.41) is 9.08. The Morgan fingerprint density at radius 3 is 2.53 bits per heavy atom. The van der Waals surface area contributed by atoms with E-state index in [-0.39, 0.29) is 6.61 Å². The van der Waals surface area contributed by atoms with Crippen LogP contribution in [-0.4, -0.2) is 12.6 Å². The number of hydrogen-bond acceptors (Lipinski definition) is 3. The lowest BCUT2D eigenvalue weighted by Gasteiger charge is -2.19. The van der Waals surface area contributed by atoms with Crippen molar-refractivity contribution in [2.45, 2.75) is 19.3 Å². The van der Waals surface area contributed by atoms with Crippen molar-refractivity contribution < 1.29 is 9.53 Å². The van der Waals surface area contributed by atoms with Crippen molar-refractivity contribution in [1.29, 1.82) is 5.26 Å². The van der Waals surface area contributed by atoms with Gasteiger partial charge in [-0.3, -0.25) is 0 Å². The van der Waals surface area contributed by atoms with Gasteiger partial charge in [0.1, 0.15) is 0 Å². The molecule has 0 aliphatic rings. The van der Waals surface area contributed by atoms with Crippen molar-refractivity contribution in [2.75, 3.05) is 6.61 Å². The normalized spacial score (nSPS) is 13.7. The molecule has 1 atom stereocenters. The maximum atomic E-state index is 11.7. The zero-order chi connectivity index (χ0) is 11.3. The summed E-state index contributed by atoms with van der Waals surface area (Å²) in [5.74, 6) is -0.501. The third-order valence-corrected chi connectivity index (χ3v) is 2.26. The zero-order valence-electron chi connectivity index (χ0n) is 8.86. The molecule has 0 amide bonds. The van der Waals surface area contributed by atoms with E-state index in [0.29, 0.717) is 5.56 Å². The van der Waals surface area contributed by atoms with Crippen LogP contribution in [0.25, 0.3) is 0 Å². The van der Waals surface area contributed by atoms with E-state index >= 15 is 0 Å². The van der Waals surface area contributed by atoms with Crippen LogP contribution in [0.15, 0.2) is 30.3 Å². The first kappa shape index (κ1) is 11.3. The third kappa shape index (κ3) is 2.16. The van der Waals surface area contributed by atoms with Gasteiger partial charge in [-0.1, -0.05) is 30.3 Å². The van der Waals surface area contributed by atoms with Gasteiger partial charge in [0.15, 0.2) is 5.41 Å². The predicted molar refractivity (Wildman–Crippen MR) is 56.0 cm³/mol. The van der Waals surface area contributed by atoms with E-state index in [9.17, 15) is 4.79 Å². The molecule has 15 heavy (non-hydrogen) atoms. The van der Waals surface area contributed by atoms with E-state index in [4.69, 9.17) is 10.00 Å². The average molecular weight is 203 g/mol. The second-order valence-electron chi connectivity index (χ2n) is 3.32. The molecule has 0 spiro atoms. The van der Waals surface area contributed by atoms with Crippen LogP contribution in [0.2, 0.25) is 0 Å². The number of benzene rings is 1. The van der Waals surface area contributed by atoms with Crippen LogP contribution in [-0.2, 0) is 14.9 Å². The van der Waals surface area contributed by atoms with E-state index in [1.807, 2.05) is 12.1 Å². The molecule has 0 bridgehead atoms. The highest BCUT2D eigenvalue weighted by Gasteiger charge is 2.36. The van der Waals surface area contributed by atoms with E-state index in [0.717, 1.165) is 0 Å². The Balaban J connectivity index is 3.07. The smallest absolute Gasteiger partial charge is 0.330 e. The third-order valence-electron chi connectivity index (χ3n) is 2.26. The van der Waals surface area contributed by atoms with E-state index in [1.54, 1.807) is 38.1 Å². The summed E-state index contributed by atoms with van der Waals surface area (Å²) in [5.41, 5.74) is -0.553. The molecule has 0 unspecified atom stereocenters. The van der Waals surface area contributed by atoms with Crippen molar-refractivity contribution in [3.05, 3.63) is 35.9 Å². The molecule has 0 saturated heterocycles. The van der Waals surface area contributed by atoms with Crippen molar-refractivity contribution >= 4 is 5.97 Å². The van der Waals surface area contributed by atoms with Gasteiger partial charge in [0.2, 0.25) is 0 Å². The first-order chi connectivity index (χ1) is 7.15. The standard InChI is InChI=1S/C12H13NO2/c1-3-15-11(14)12(2,9-13)10-7-5-4-6-8-10/h4-8H,3H2,1-2H3/t12-/m0/s1. The molecule has 0 heterocycles. The molecular weight excluding hydrogens is 190 g/mol. The lowest BCUT2D eigenvalue weighted by atomic mass is 9.84. The number of hydrogen-bond donors (Lipinski definition) is 0. The maximum absolute atomic E-state index is 11.7. The summed E-state index contributed by atoms with van der Waals surface area (Å²) in [6.07, 6.45) is 0. The van der Waals surface area contributed by atoms with Crippen LogP contribution in [0.1, 0.15) is 19.4 Å². The van der Waals surface area contributed by atoms with Crippen LogP contribution in [0.5, 0.6) is 0 Å². The number of nitriles is 1. The van der Waals surface area contributed by atoms with E-state index < -0.39 is 11.4 Å². The van der Waals surface area contributed by atoms with Gasteiger partial charge >= 0.3 is 5.97 Å². The molecule has 1 aromatic rings. The Morgan fingerprint density at radius 2 is 2.07 bits per heavy atom. The number of nitrogens with zero attached hydrogens (tertiary/aromatic N) is 1. The lowest BCUT2D eigenvalue weighted by Crippen LogP contribution is -2.32. The molecule has 0 fully saturated rings.